The number of phenols is 1. The third-order valence-electron chi connectivity index (χ3n) is 9.80. The molecular formula is C37H45NO12. The molecule has 50 heavy (non-hydrogen) atoms. The molecule has 3 heterocycles. The molecule has 1 aromatic rings. The van der Waals surface area contributed by atoms with E-state index in [9.17, 15) is 39.3 Å². The Kier molecular flexibility index (Phi) is 11.2. The molecule has 1 aliphatic carbocycles. The van der Waals surface area contributed by atoms with Crippen LogP contribution in [0.4, 0.5) is 0 Å². The van der Waals surface area contributed by atoms with Crippen molar-refractivity contribution < 1.29 is 58.2 Å². The Morgan fingerprint density at radius 3 is 2.22 bits per heavy atom. The summed E-state index contributed by atoms with van der Waals surface area (Å²) in [5.74, 6) is -8.99. The molecule has 13 heteroatoms. The quantitative estimate of drug-likeness (QED) is 0.329. The van der Waals surface area contributed by atoms with E-state index in [4.69, 9.17) is 18.9 Å². The summed E-state index contributed by atoms with van der Waals surface area (Å²) in [5, 5.41) is 36.1. The number of nitrogens with one attached hydrogen (secondary N) is 1. The SMILES string of the molecule is CO[C@@H]1/C=C/O[C@@]2(C)Oc3c(C)c(O)c4c(c3C2=O)C(=O)C=C(NC(=O)/C(C)=C\C=C\[C@H](C)[C@H](O)[C@@H](C)[C@H](O)[C@H](C)[C@H](OC(C)=O)[C@H]1C)C4=O. The fraction of sp³-hybridized carbons (Fsp3) is 0.486. The Labute approximate surface area is 290 Å². The topological polar surface area (TPSA) is 195 Å². The van der Waals surface area contributed by atoms with Crippen molar-refractivity contribution in [3.63, 3.8) is 0 Å². The first-order valence-electron chi connectivity index (χ1n) is 16.4. The van der Waals surface area contributed by atoms with E-state index in [-0.39, 0.29) is 28.0 Å². The number of rotatable bonds is 2. The monoisotopic (exact) mass is 695 g/mol. The molecule has 0 spiro atoms. The number of hydrogen-bond acceptors (Lipinski definition) is 12. The van der Waals surface area contributed by atoms with E-state index in [0.717, 1.165) is 12.3 Å². The summed E-state index contributed by atoms with van der Waals surface area (Å²) >= 11 is 0. The summed E-state index contributed by atoms with van der Waals surface area (Å²) in [6.07, 6.45) is 4.31. The molecule has 0 saturated heterocycles. The van der Waals surface area contributed by atoms with Crippen molar-refractivity contribution in [2.24, 2.45) is 23.7 Å². The number of aromatic hydroxyl groups is 1. The maximum Gasteiger partial charge on any atom is 0.312 e. The van der Waals surface area contributed by atoms with Crippen LogP contribution < -0.4 is 10.1 Å². The zero-order valence-corrected chi connectivity index (χ0v) is 29.6. The number of carbonyl (C=O) groups excluding carboxylic acids is 5. The summed E-state index contributed by atoms with van der Waals surface area (Å²) in [6.45, 7) is 12.3. The predicted octanol–water partition coefficient (Wildman–Crippen LogP) is 3.63. The average Bonchev–Trinajstić information content (AvgIpc) is 3.33. The van der Waals surface area contributed by atoms with Gasteiger partial charge in [-0.1, -0.05) is 45.9 Å². The van der Waals surface area contributed by atoms with Crippen LogP contribution in [0.1, 0.15) is 85.1 Å². The van der Waals surface area contributed by atoms with Gasteiger partial charge in [0.05, 0.1) is 47.0 Å². The van der Waals surface area contributed by atoms with E-state index in [0.29, 0.717) is 0 Å². The van der Waals surface area contributed by atoms with Crippen LogP contribution >= 0.6 is 0 Å². The van der Waals surface area contributed by atoms with Gasteiger partial charge in [0.1, 0.15) is 17.6 Å². The summed E-state index contributed by atoms with van der Waals surface area (Å²) in [4.78, 5) is 66.2. The first-order chi connectivity index (χ1) is 23.4. The number of aliphatic hydroxyl groups excluding tert-OH is 2. The normalized spacial score (nSPS) is 34.5. The Bertz CT molecular complexity index is 1720. The number of aliphatic hydroxyl groups is 2. The average molecular weight is 696 g/mol. The fourth-order valence-electron chi connectivity index (χ4n) is 6.62. The number of esters is 1. The van der Waals surface area contributed by atoms with Crippen LogP contribution in [-0.2, 0) is 23.8 Å². The van der Waals surface area contributed by atoms with Gasteiger partial charge in [-0.2, -0.15) is 0 Å². The highest BCUT2D eigenvalue weighted by Gasteiger charge is 2.51. The van der Waals surface area contributed by atoms with Gasteiger partial charge in [0.15, 0.2) is 5.78 Å². The van der Waals surface area contributed by atoms with Gasteiger partial charge >= 0.3 is 11.8 Å². The van der Waals surface area contributed by atoms with Crippen molar-refractivity contribution in [2.75, 3.05) is 7.11 Å². The maximum atomic E-state index is 13.9. The van der Waals surface area contributed by atoms with Crippen molar-refractivity contribution in [2.45, 2.75) is 85.6 Å². The molecule has 5 bridgehead atoms. The van der Waals surface area contributed by atoms with E-state index < -0.39 is 100 Å². The van der Waals surface area contributed by atoms with Crippen molar-refractivity contribution >= 4 is 29.2 Å². The Balaban J connectivity index is 1.83. The first kappa shape index (κ1) is 38.2. The second-order valence-corrected chi connectivity index (χ2v) is 13.4. The molecule has 0 unspecified atom stereocenters. The van der Waals surface area contributed by atoms with Gasteiger partial charge in [-0.05, 0) is 19.9 Å². The molecule has 4 N–H and O–H groups in total. The molecule has 5 rings (SSSR count). The number of fused-ring (bicyclic) bond motifs is 14. The van der Waals surface area contributed by atoms with E-state index in [1.807, 2.05) is 0 Å². The third-order valence-corrected chi connectivity index (χ3v) is 9.80. The zero-order chi connectivity index (χ0) is 37.4. The number of ketones is 3. The van der Waals surface area contributed by atoms with Crippen molar-refractivity contribution in [3.05, 3.63) is 70.2 Å². The van der Waals surface area contributed by atoms with Crippen LogP contribution in [0.25, 0.3) is 0 Å². The number of hydrogen-bond donors (Lipinski definition) is 4. The maximum absolute atomic E-state index is 13.9. The summed E-state index contributed by atoms with van der Waals surface area (Å²) in [5.41, 5.74) is -1.31. The fourth-order valence-corrected chi connectivity index (χ4v) is 6.62. The Hall–Kier alpha value is -4.59. The molecule has 0 radical (unpaired) electrons. The standard InChI is InChI=1S/C37H45NO12/c1-16-11-10-12-17(2)36(46)38-23-15-24(40)26-27(32(23)44)31(43)21(6)34-28(26)35(45)37(8,50-34)48-14-13-25(47-9)18(3)33(49-22(7)39)20(5)30(42)19(4)29(16)41/h10-16,18-20,25,29-30,33,41-43H,1-9H3,(H,38,46)/b11-10+,14-13+,17-12-/t16-,18-,19+,20-,25+,29-,30-,33+,37-/m0/s1. The van der Waals surface area contributed by atoms with E-state index in [1.165, 1.54) is 47.0 Å². The smallest absolute Gasteiger partial charge is 0.312 e. The molecule has 1 amide bonds. The summed E-state index contributed by atoms with van der Waals surface area (Å²) in [7, 11) is 1.42. The molecule has 1 aromatic carbocycles. The molecule has 0 saturated carbocycles. The van der Waals surface area contributed by atoms with Crippen molar-refractivity contribution in [3.8, 4) is 11.5 Å². The number of amides is 1. The van der Waals surface area contributed by atoms with Crippen molar-refractivity contribution in [1.29, 1.82) is 0 Å². The number of phenolic OH excluding ortho intramolecular Hbond substituents is 1. The first-order valence-corrected chi connectivity index (χ1v) is 16.4. The lowest BCUT2D eigenvalue weighted by atomic mass is 9.78. The van der Waals surface area contributed by atoms with Crippen molar-refractivity contribution in [1.82, 2.24) is 5.32 Å². The lowest BCUT2D eigenvalue weighted by Gasteiger charge is -2.38. The van der Waals surface area contributed by atoms with E-state index >= 15 is 0 Å². The second-order valence-electron chi connectivity index (χ2n) is 13.4. The minimum absolute atomic E-state index is 0.00885. The Morgan fingerprint density at radius 2 is 1.60 bits per heavy atom. The molecule has 3 aliphatic heterocycles. The summed E-state index contributed by atoms with van der Waals surface area (Å²) < 4.78 is 23.1. The number of Topliss-reactive ketones (excluding diaryl/α,β-unsaturated/α-hetero) is 2. The largest absolute Gasteiger partial charge is 0.507 e. The Morgan fingerprint density at radius 1 is 0.940 bits per heavy atom. The van der Waals surface area contributed by atoms with Crippen LogP contribution in [0, 0.1) is 30.6 Å². The molecule has 0 aromatic heterocycles. The van der Waals surface area contributed by atoms with Crippen LogP contribution in [0.5, 0.6) is 11.5 Å². The third kappa shape index (κ3) is 7.03. The lowest BCUT2D eigenvalue weighted by Crippen LogP contribution is -2.46. The highest BCUT2D eigenvalue weighted by atomic mass is 16.7. The number of carbonyl (C=O) groups is 5. The van der Waals surface area contributed by atoms with Gasteiger partial charge < -0.3 is 39.6 Å². The van der Waals surface area contributed by atoms with Crippen LogP contribution in [0.2, 0.25) is 0 Å². The van der Waals surface area contributed by atoms with Gasteiger partial charge in [0.25, 0.3) is 11.7 Å². The van der Waals surface area contributed by atoms with Gasteiger partial charge in [-0.15, -0.1) is 0 Å². The lowest BCUT2D eigenvalue weighted by molar-refractivity contribution is -0.160. The van der Waals surface area contributed by atoms with Gasteiger partial charge in [0, 0.05) is 61.8 Å². The summed E-state index contributed by atoms with van der Waals surface area (Å²) in [6, 6.07) is 0. The van der Waals surface area contributed by atoms with Gasteiger partial charge in [-0.3, -0.25) is 24.0 Å². The van der Waals surface area contributed by atoms with Crippen LogP contribution in [0.3, 0.4) is 0 Å². The molecule has 270 valence electrons. The minimum Gasteiger partial charge on any atom is -0.507 e. The number of methoxy groups -OCH3 is 1. The number of allylic oxidation sites excluding steroid dienone is 4. The predicted molar refractivity (Wildman–Crippen MR) is 179 cm³/mol. The second kappa shape index (κ2) is 14.7. The highest BCUT2D eigenvalue weighted by Crippen LogP contribution is 2.47. The van der Waals surface area contributed by atoms with Crippen LogP contribution in [-0.4, -0.2) is 81.9 Å². The van der Waals surface area contributed by atoms with Crippen LogP contribution in [0.15, 0.2) is 47.9 Å². The van der Waals surface area contributed by atoms with Gasteiger partial charge in [-0.25, -0.2) is 0 Å². The minimum atomic E-state index is -2.03. The van der Waals surface area contributed by atoms with Gasteiger partial charge in [0.2, 0.25) is 5.78 Å². The number of benzene rings is 1. The van der Waals surface area contributed by atoms with E-state index in [1.54, 1.807) is 39.8 Å². The molecule has 9 atom stereocenters. The number of ether oxygens (including phenoxy) is 4. The molecule has 4 aliphatic rings. The molecule has 13 nitrogen and oxygen atoms in total. The zero-order valence-electron chi connectivity index (χ0n) is 29.6. The molecular weight excluding hydrogens is 650 g/mol. The molecule has 0 fully saturated rings. The van der Waals surface area contributed by atoms with E-state index in [2.05, 4.69) is 5.32 Å². The highest BCUT2D eigenvalue weighted by molar-refractivity contribution is 6.30.